The Labute approximate surface area is 74.9 Å². The topological polar surface area (TPSA) is 26.0 Å². The van der Waals surface area contributed by atoms with Gasteiger partial charge in [0.05, 0.1) is 21.8 Å². The maximum absolute atomic E-state index is 5.28. The quantitative estimate of drug-likeness (QED) is 0.672. The second-order valence-electron chi connectivity index (χ2n) is 2.62. The summed E-state index contributed by atoms with van der Waals surface area (Å²) in [5, 5.41) is 1.08. The number of hydrogen-bond acceptors (Lipinski definition) is 3. The number of rotatable bonds is 1. The van der Waals surface area contributed by atoms with Gasteiger partial charge in [-0.3, -0.25) is 0 Å². The van der Waals surface area contributed by atoms with E-state index in [9.17, 15) is 0 Å². The highest BCUT2D eigenvalue weighted by Crippen LogP contribution is 2.29. The Morgan fingerprint density at radius 3 is 2.75 bits per heavy atom. The van der Waals surface area contributed by atoms with Crippen LogP contribution in [0.4, 0.5) is 0 Å². The number of thiazole rings is 1. The Kier molecular flexibility index (Phi) is 1.73. The maximum atomic E-state index is 5.28. The summed E-state index contributed by atoms with van der Waals surface area (Å²) in [6, 6.07) is 3.85. The van der Waals surface area contributed by atoms with Gasteiger partial charge in [-0.2, -0.15) is 0 Å². The second kappa shape index (κ2) is 2.75. The van der Waals surface area contributed by atoms with Gasteiger partial charge in [0.2, 0.25) is 0 Å². The molecule has 0 amide bonds. The minimum Gasteiger partial charge on any atom is -0.463 e. The SMILES string of the molecule is Cc1nc(C)c(-c2ccco2)s1. The van der Waals surface area contributed by atoms with Crippen LogP contribution in [0.2, 0.25) is 0 Å². The van der Waals surface area contributed by atoms with Crippen LogP contribution in [-0.4, -0.2) is 4.98 Å². The van der Waals surface area contributed by atoms with Crippen molar-refractivity contribution in [2.24, 2.45) is 0 Å². The molecule has 2 nitrogen and oxygen atoms in total. The van der Waals surface area contributed by atoms with Crippen LogP contribution in [0, 0.1) is 13.8 Å². The molecular weight excluding hydrogens is 170 g/mol. The molecule has 0 bridgehead atoms. The van der Waals surface area contributed by atoms with E-state index in [-0.39, 0.29) is 0 Å². The molecule has 0 aliphatic heterocycles. The molecule has 0 aromatic carbocycles. The zero-order valence-electron chi connectivity index (χ0n) is 7.00. The molecule has 0 atom stereocenters. The Morgan fingerprint density at radius 1 is 1.42 bits per heavy atom. The van der Waals surface area contributed by atoms with Crippen molar-refractivity contribution < 1.29 is 4.42 Å². The van der Waals surface area contributed by atoms with E-state index >= 15 is 0 Å². The van der Waals surface area contributed by atoms with E-state index in [1.54, 1.807) is 17.6 Å². The van der Waals surface area contributed by atoms with Crippen molar-refractivity contribution in [3.8, 4) is 10.6 Å². The zero-order valence-corrected chi connectivity index (χ0v) is 7.81. The minimum atomic E-state index is 0.915. The molecule has 0 radical (unpaired) electrons. The van der Waals surface area contributed by atoms with Gasteiger partial charge in [0.15, 0.2) is 0 Å². The standard InChI is InChI=1S/C9H9NOS/c1-6-9(12-7(2)10-6)8-4-3-5-11-8/h3-5H,1-2H3. The van der Waals surface area contributed by atoms with E-state index < -0.39 is 0 Å². The molecule has 0 saturated heterocycles. The van der Waals surface area contributed by atoms with Crippen LogP contribution in [0.1, 0.15) is 10.7 Å². The first-order chi connectivity index (χ1) is 5.77. The summed E-state index contributed by atoms with van der Waals surface area (Å²) in [6.45, 7) is 4.01. The molecule has 0 aliphatic carbocycles. The zero-order chi connectivity index (χ0) is 8.55. The van der Waals surface area contributed by atoms with E-state index in [1.807, 2.05) is 26.0 Å². The van der Waals surface area contributed by atoms with Crippen LogP contribution in [0.5, 0.6) is 0 Å². The van der Waals surface area contributed by atoms with Crippen LogP contribution in [0.25, 0.3) is 10.6 Å². The van der Waals surface area contributed by atoms with Gasteiger partial charge in [-0.15, -0.1) is 11.3 Å². The third-order valence-corrected chi connectivity index (χ3v) is 2.74. The van der Waals surface area contributed by atoms with E-state index in [0.29, 0.717) is 0 Å². The van der Waals surface area contributed by atoms with Crippen LogP contribution < -0.4 is 0 Å². The molecule has 0 saturated carbocycles. The number of aryl methyl sites for hydroxylation is 2. The van der Waals surface area contributed by atoms with Crippen molar-refractivity contribution in [2.45, 2.75) is 13.8 Å². The Morgan fingerprint density at radius 2 is 2.25 bits per heavy atom. The Hall–Kier alpha value is -1.09. The lowest BCUT2D eigenvalue weighted by atomic mass is 10.3. The first-order valence-corrected chi connectivity index (χ1v) is 4.57. The van der Waals surface area contributed by atoms with Crippen molar-refractivity contribution in [1.29, 1.82) is 0 Å². The third kappa shape index (κ3) is 1.16. The molecule has 2 aromatic heterocycles. The van der Waals surface area contributed by atoms with Crippen molar-refractivity contribution in [2.75, 3.05) is 0 Å². The van der Waals surface area contributed by atoms with Crippen molar-refractivity contribution in [3.63, 3.8) is 0 Å². The highest BCUT2D eigenvalue weighted by Gasteiger charge is 2.08. The molecule has 0 unspecified atom stereocenters. The van der Waals surface area contributed by atoms with Gasteiger partial charge in [-0.1, -0.05) is 0 Å². The van der Waals surface area contributed by atoms with Gasteiger partial charge >= 0.3 is 0 Å². The molecule has 3 heteroatoms. The molecule has 2 rings (SSSR count). The van der Waals surface area contributed by atoms with Gasteiger partial charge in [0.25, 0.3) is 0 Å². The fraction of sp³-hybridized carbons (Fsp3) is 0.222. The number of nitrogens with zero attached hydrogens (tertiary/aromatic N) is 1. The van der Waals surface area contributed by atoms with Crippen LogP contribution >= 0.6 is 11.3 Å². The molecule has 2 aromatic rings. The first-order valence-electron chi connectivity index (χ1n) is 3.75. The van der Waals surface area contributed by atoms with Gasteiger partial charge in [-0.05, 0) is 26.0 Å². The van der Waals surface area contributed by atoms with E-state index in [2.05, 4.69) is 4.98 Å². The summed E-state index contributed by atoms with van der Waals surface area (Å²) >= 11 is 1.67. The third-order valence-electron chi connectivity index (χ3n) is 1.65. The average molecular weight is 179 g/mol. The molecule has 0 fully saturated rings. The van der Waals surface area contributed by atoms with Crippen LogP contribution in [0.3, 0.4) is 0 Å². The lowest BCUT2D eigenvalue weighted by molar-refractivity contribution is 0.583. The van der Waals surface area contributed by atoms with E-state index in [0.717, 1.165) is 21.3 Å². The van der Waals surface area contributed by atoms with Gasteiger partial charge < -0.3 is 4.42 Å². The van der Waals surface area contributed by atoms with Gasteiger partial charge in [0, 0.05) is 0 Å². The highest BCUT2D eigenvalue weighted by molar-refractivity contribution is 7.15. The summed E-state index contributed by atoms with van der Waals surface area (Å²) in [5.41, 5.74) is 1.05. The normalized spacial score (nSPS) is 10.5. The Balaban J connectivity index is 2.54. The predicted octanol–water partition coefficient (Wildman–Crippen LogP) is 3.02. The molecule has 0 N–H and O–H groups in total. The van der Waals surface area contributed by atoms with Crippen LogP contribution in [0.15, 0.2) is 22.8 Å². The summed E-state index contributed by atoms with van der Waals surface area (Å²) in [5.74, 6) is 0.915. The molecule has 2 heterocycles. The highest BCUT2D eigenvalue weighted by atomic mass is 32.1. The summed E-state index contributed by atoms with van der Waals surface area (Å²) in [4.78, 5) is 5.46. The molecular formula is C9H9NOS. The monoisotopic (exact) mass is 179 g/mol. The smallest absolute Gasteiger partial charge is 0.145 e. The summed E-state index contributed by atoms with van der Waals surface area (Å²) in [7, 11) is 0. The number of hydrogen-bond donors (Lipinski definition) is 0. The molecule has 0 aliphatic rings. The molecule has 12 heavy (non-hydrogen) atoms. The number of aromatic nitrogens is 1. The second-order valence-corrected chi connectivity index (χ2v) is 3.83. The van der Waals surface area contributed by atoms with E-state index in [4.69, 9.17) is 4.42 Å². The Bertz CT molecular complexity index is 375. The average Bonchev–Trinajstić information content (AvgIpc) is 2.58. The van der Waals surface area contributed by atoms with Crippen LogP contribution in [-0.2, 0) is 0 Å². The summed E-state index contributed by atoms with van der Waals surface area (Å²) in [6.07, 6.45) is 1.68. The minimum absolute atomic E-state index is 0.915. The summed E-state index contributed by atoms with van der Waals surface area (Å²) < 4.78 is 5.28. The van der Waals surface area contributed by atoms with Crippen molar-refractivity contribution in [1.82, 2.24) is 4.98 Å². The van der Waals surface area contributed by atoms with Crippen molar-refractivity contribution >= 4 is 11.3 Å². The molecule has 62 valence electrons. The predicted molar refractivity (Wildman–Crippen MR) is 49.3 cm³/mol. The molecule has 0 spiro atoms. The van der Waals surface area contributed by atoms with E-state index in [1.165, 1.54) is 0 Å². The fourth-order valence-electron chi connectivity index (χ4n) is 1.17. The lowest BCUT2D eigenvalue weighted by Gasteiger charge is -1.89. The van der Waals surface area contributed by atoms with Gasteiger partial charge in [-0.25, -0.2) is 4.98 Å². The largest absolute Gasteiger partial charge is 0.463 e. The maximum Gasteiger partial charge on any atom is 0.145 e. The fourth-order valence-corrected chi connectivity index (χ4v) is 2.06. The lowest BCUT2D eigenvalue weighted by Crippen LogP contribution is -1.73. The van der Waals surface area contributed by atoms with Gasteiger partial charge in [0.1, 0.15) is 5.76 Å². The van der Waals surface area contributed by atoms with Crippen molar-refractivity contribution in [3.05, 3.63) is 29.1 Å². The first kappa shape index (κ1) is 7.55. The number of furan rings is 1.